The van der Waals surface area contributed by atoms with Crippen LogP contribution >= 0.6 is 0 Å². The molecule has 0 spiro atoms. The Labute approximate surface area is 203 Å². The van der Waals surface area contributed by atoms with Crippen LogP contribution in [0.2, 0.25) is 0 Å². The lowest BCUT2D eigenvalue weighted by Crippen LogP contribution is -2.66. The van der Waals surface area contributed by atoms with Crippen molar-refractivity contribution in [2.45, 2.75) is 63.1 Å². The van der Waals surface area contributed by atoms with Crippen molar-refractivity contribution in [3.8, 4) is 28.4 Å². The van der Waals surface area contributed by atoms with Gasteiger partial charge in [-0.1, -0.05) is 6.07 Å². The van der Waals surface area contributed by atoms with Gasteiger partial charge in [-0.25, -0.2) is 9.78 Å². The van der Waals surface area contributed by atoms with Crippen LogP contribution in [0.4, 0.5) is 10.2 Å². The van der Waals surface area contributed by atoms with Gasteiger partial charge < -0.3 is 15.3 Å². The summed E-state index contributed by atoms with van der Waals surface area (Å²) in [6.07, 6.45) is 7.33. The summed E-state index contributed by atoms with van der Waals surface area (Å²) in [4.78, 5) is 22.3. The summed E-state index contributed by atoms with van der Waals surface area (Å²) in [6.45, 7) is 4.61. The van der Waals surface area contributed by atoms with Crippen LogP contribution in [0.3, 0.4) is 0 Å². The van der Waals surface area contributed by atoms with E-state index >= 15 is 0 Å². The highest BCUT2D eigenvalue weighted by molar-refractivity contribution is 5.71. The summed E-state index contributed by atoms with van der Waals surface area (Å²) in [5, 5.41) is 23.1. The number of hydrogen-bond acceptors (Lipinski definition) is 8. The number of hydrogen-bond donors (Lipinski definition) is 2. The van der Waals surface area contributed by atoms with E-state index in [4.69, 9.17) is 0 Å². The molecule has 0 radical (unpaired) electrons. The van der Waals surface area contributed by atoms with E-state index in [0.29, 0.717) is 23.0 Å². The van der Waals surface area contributed by atoms with E-state index in [2.05, 4.69) is 44.2 Å². The van der Waals surface area contributed by atoms with Crippen LogP contribution in [0.1, 0.15) is 46.0 Å². The highest BCUT2D eigenvalue weighted by Gasteiger charge is 2.46. The average molecular weight is 480 g/mol. The summed E-state index contributed by atoms with van der Waals surface area (Å²) in [7, 11) is 3.34. The molecule has 2 N–H and O–H groups in total. The van der Waals surface area contributed by atoms with Gasteiger partial charge >= 0.3 is 5.69 Å². The van der Waals surface area contributed by atoms with E-state index in [9.17, 15) is 14.3 Å². The maximum Gasteiger partial charge on any atom is 0.350 e. The van der Waals surface area contributed by atoms with Crippen molar-refractivity contribution in [1.82, 2.24) is 30.0 Å². The molecule has 2 saturated heterocycles. The Hall–Kier alpha value is -3.40. The van der Waals surface area contributed by atoms with Gasteiger partial charge in [-0.3, -0.25) is 4.57 Å². The van der Waals surface area contributed by atoms with Crippen LogP contribution in [0, 0.1) is 5.95 Å². The number of aromatic hydroxyl groups is 1. The summed E-state index contributed by atoms with van der Waals surface area (Å²) in [6, 6.07) is 6.13. The molecule has 0 aliphatic carbocycles. The Kier molecular flexibility index (Phi) is 5.58. The van der Waals surface area contributed by atoms with Gasteiger partial charge in [0.15, 0.2) is 17.6 Å². The third-order valence-electron chi connectivity index (χ3n) is 7.51. The lowest BCUT2D eigenvalue weighted by Gasteiger charge is -2.55. The molecule has 184 valence electrons. The molecular weight excluding hydrogens is 449 g/mol. The normalized spacial score (nSPS) is 25.9. The molecule has 35 heavy (non-hydrogen) atoms. The molecule has 10 heteroatoms. The average Bonchev–Trinajstić information content (AvgIpc) is 2.80. The predicted molar refractivity (Wildman–Crippen MR) is 131 cm³/mol. The zero-order chi connectivity index (χ0) is 25.0. The van der Waals surface area contributed by atoms with E-state index < -0.39 is 11.6 Å². The Morgan fingerprint density at radius 1 is 1.17 bits per heavy atom. The minimum absolute atomic E-state index is 0.111. The second-order valence-electron chi connectivity index (χ2n) is 10.5. The van der Waals surface area contributed by atoms with Crippen molar-refractivity contribution >= 4 is 5.82 Å². The molecule has 2 aliphatic rings. The largest absolute Gasteiger partial charge is 0.507 e. The molecule has 2 bridgehead atoms. The number of nitrogens with zero attached hydrogens (tertiary/aromatic N) is 6. The molecule has 2 fully saturated rings. The lowest BCUT2D eigenvalue weighted by molar-refractivity contribution is 0.0784. The zero-order valence-corrected chi connectivity index (χ0v) is 20.4. The number of benzene rings is 1. The third kappa shape index (κ3) is 4.38. The monoisotopic (exact) mass is 479 g/mol. The van der Waals surface area contributed by atoms with Crippen molar-refractivity contribution in [2.24, 2.45) is 7.05 Å². The second kappa shape index (κ2) is 8.37. The zero-order valence-electron chi connectivity index (χ0n) is 20.4. The Balaban J connectivity index is 1.37. The molecule has 0 amide bonds. The van der Waals surface area contributed by atoms with Crippen molar-refractivity contribution in [1.29, 1.82) is 0 Å². The topological polar surface area (TPSA) is 109 Å². The van der Waals surface area contributed by atoms with Gasteiger partial charge in [0.2, 0.25) is 0 Å². The number of phenolic OH excluding ortho intramolecular Hbond substituents is 1. The number of rotatable bonds is 4. The minimum Gasteiger partial charge on any atom is -0.507 e. The SMILES string of the molecule is CN(c1cnc(-c2ccc(-c3cc(F)n(C)c(=O)n3)cc2O)nn1)[C@H]1C[C@]2(C)CCC[C@](C)(C1)N2. The van der Waals surface area contributed by atoms with Gasteiger partial charge in [0, 0.05) is 42.8 Å². The van der Waals surface area contributed by atoms with Crippen LogP contribution in [-0.2, 0) is 7.05 Å². The number of halogens is 1. The molecular formula is C25H30FN7O2. The predicted octanol–water partition coefficient (Wildman–Crippen LogP) is 3.03. The number of anilines is 1. The number of aromatic nitrogens is 5. The number of fused-ring (bicyclic) bond motifs is 2. The molecule has 3 aromatic rings. The molecule has 0 unspecified atom stereocenters. The van der Waals surface area contributed by atoms with Crippen molar-refractivity contribution in [3.63, 3.8) is 0 Å². The van der Waals surface area contributed by atoms with E-state index in [1.807, 2.05) is 7.05 Å². The van der Waals surface area contributed by atoms with E-state index in [-0.39, 0.29) is 28.3 Å². The Bertz CT molecular complexity index is 1310. The highest BCUT2D eigenvalue weighted by atomic mass is 19.1. The van der Waals surface area contributed by atoms with Crippen molar-refractivity contribution in [2.75, 3.05) is 11.9 Å². The molecule has 4 heterocycles. The molecule has 2 aliphatic heterocycles. The van der Waals surface area contributed by atoms with Crippen LogP contribution < -0.4 is 15.9 Å². The van der Waals surface area contributed by atoms with Gasteiger partial charge in [-0.05, 0) is 58.1 Å². The first-order valence-corrected chi connectivity index (χ1v) is 11.9. The van der Waals surface area contributed by atoms with Crippen molar-refractivity contribution in [3.05, 3.63) is 46.9 Å². The van der Waals surface area contributed by atoms with Gasteiger partial charge in [0.05, 0.1) is 17.5 Å². The molecule has 1 aromatic carbocycles. The smallest absolute Gasteiger partial charge is 0.350 e. The highest BCUT2D eigenvalue weighted by Crippen LogP contribution is 2.41. The van der Waals surface area contributed by atoms with E-state index in [1.165, 1.54) is 32.4 Å². The molecule has 3 atom stereocenters. The quantitative estimate of drug-likeness (QED) is 0.550. The fraction of sp³-hybridized carbons (Fsp3) is 0.480. The maximum absolute atomic E-state index is 13.9. The first kappa shape index (κ1) is 23.3. The number of phenols is 1. The number of nitrogens with one attached hydrogen (secondary N) is 1. The minimum atomic E-state index is -0.712. The third-order valence-corrected chi connectivity index (χ3v) is 7.51. The Morgan fingerprint density at radius 2 is 1.89 bits per heavy atom. The first-order valence-electron chi connectivity index (χ1n) is 11.9. The standard InChI is InChI=1S/C25H30FN7O2/c1-24-8-5-9-25(2,31-24)13-16(12-24)32(3)21-14-27-22(30-29-21)17-7-6-15(10-19(17)34)18-11-20(26)33(4)23(35)28-18/h6-7,10-11,14,16,31,34H,5,8-9,12-13H2,1-4H3/t16-,24-,25+. The van der Waals surface area contributed by atoms with Gasteiger partial charge in [0.25, 0.3) is 0 Å². The van der Waals surface area contributed by atoms with E-state index in [0.717, 1.165) is 23.5 Å². The maximum atomic E-state index is 13.9. The Morgan fingerprint density at radius 3 is 2.49 bits per heavy atom. The fourth-order valence-corrected chi connectivity index (χ4v) is 5.70. The van der Waals surface area contributed by atoms with Crippen LogP contribution in [0.25, 0.3) is 22.6 Å². The molecule has 5 rings (SSSR count). The lowest BCUT2D eigenvalue weighted by atomic mass is 9.69. The molecule has 2 aromatic heterocycles. The first-order chi connectivity index (χ1) is 16.6. The summed E-state index contributed by atoms with van der Waals surface area (Å²) in [5.41, 5.74) is 0.467. The molecule has 9 nitrogen and oxygen atoms in total. The van der Waals surface area contributed by atoms with Gasteiger partial charge in [0.1, 0.15) is 5.75 Å². The van der Waals surface area contributed by atoms with Gasteiger partial charge in [-0.2, -0.15) is 9.37 Å². The van der Waals surface area contributed by atoms with Crippen LogP contribution in [0.5, 0.6) is 5.75 Å². The summed E-state index contributed by atoms with van der Waals surface area (Å²) >= 11 is 0. The van der Waals surface area contributed by atoms with Crippen molar-refractivity contribution < 1.29 is 9.50 Å². The second-order valence-corrected chi connectivity index (χ2v) is 10.5. The van der Waals surface area contributed by atoms with Crippen LogP contribution in [-0.4, -0.2) is 54.0 Å². The van der Waals surface area contributed by atoms with Gasteiger partial charge in [-0.15, -0.1) is 10.2 Å². The fourth-order valence-electron chi connectivity index (χ4n) is 5.70. The summed E-state index contributed by atoms with van der Waals surface area (Å²) in [5.74, 6) is 0.133. The molecule has 0 saturated carbocycles. The van der Waals surface area contributed by atoms with E-state index in [1.54, 1.807) is 18.3 Å². The van der Waals surface area contributed by atoms with Crippen LogP contribution in [0.15, 0.2) is 35.3 Å². The summed E-state index contributed by atoms with van der Waals surface area (Å²) < 4.78 is 14.8. The number of piperidine rings is 2.